The summed E-state index contributed by atoms with van der Waals surface area (Å²) >= 11 is 0. The monoisotopic (exact) mass is 163 g/mol. The van der Waals surface area contributed by atoms with E-state index in [1.165, 1.54) is 0 Å². The lowest BCUT2D eigenvalue weighted by molar-refractivity contribution is 0.706. The van der Waals surface area contributed by atoms with Crippen molar-refractivity contribution in [2.75, 3.05) is 0 Å². The van der Waals surface area contributed by atoms with Crippen molar-refractivity contribution in [1.82, 2.24) is 9.78 Å². The van der Waals surface area contributed by atoms with Crippen LogP contribution in [0.4, 0.5) is 0 Å². The fraction of sp³-hybridized carbons (Fsp3) is 0.444. The van der Waals surface area contributed by atoms with E-state index < -0.39 is 0 Å². The number of aromatic nitrogens is 2. The van der Waals surface area contributed by atoms with Gasteiger partial charge in [0.05, 0.1) is 5.69 Å². The highest BCUT2D eigenvalue weighted by Gasteiger charge is 2.00. The van der Waals surface area contributed by atoms with E-state index in [-0.39, 0.29) is 0 Å². The van der Waals surface area contributed by atoms with Gasteiger partial charge in [-0.15, -0.1) is 5.92 Å². The molecular formula is C9H13N3. The van der Waals surface area contributed by atoms with Gasteiger partial charge in [-0.25, -0.2) is 0 Å². The Hall–Kier alpha value is -1.27. The van der Waals surface area contributed by atoms with Crippen LogP contribution in [-0.2, 0) is 13.1 Å². The first-order chi connectivity index (χ1) is 5.77. The maximum Gasteiger partial charge on any atom is 0.102 e. The van der Waals surface area contributed by atoms with Crippen LogP contribution in [0.3, 0.4) is 0 Å². The van der Waals surface area contributed by atoms with Crippen LogP contribution in [0.25, 0.3) is 0 Å². The van der Waals surface area contributed by atoms with E-state index in [0.717, 1.165) is 11.3 Å². The van der Waals surface area contributed by atoms with Gasteiger partial charge >= 0.3 is 0 Å². The maximum absolute atomic E-state index is 5.50. The summed E-state index contributed by atoms with van der Waals surface area (Å²) in [5, 5.41) is 4.25. The summed E-state index contributed by atoms with van der Waals surface area (Å²) < 4.78 is 1.81. The third kappa shape index (κ3) is 1.86. The zero-order valence-corrected chi connectivity index (χ0v) is 7.46. The molecule has 64 valence electrons. The second-order valence-electron chi connectivity index (χ2n) is 2.57. The highest BCUT2D eigenvalue weighted by Crippen LogP contribution is 2.03. The van der Waals surface area contributed by atoms with Crippen molar-refractivity contribution in [1.29, 1.82) is 0 Å². The molecular weight excluding hydrogens is 150 g/mol. The van der Waals surface area contributed by atoms with Gasteiger partial charge in [0, 0.05) is 18.3 Å². The predicted octanol–water partition coefficient (Wildman–Crippen LogP) is 0.674. The molecule has 0 aliphatic carbocycles. The molecule has 1 rings (SSSR count). The second-order valence-corrected chi connectivity index (χ2v) is 2.57. The smallest absolute Gasteiger partial charge is 0.102 e. The Morgan fingerprint density at radius 3 is 2.92 bits per heavy atom. The molecule has 3 heteroatoms. The Morgan fingerprint density at radius 2 is 2.42 bits per heavy atom. The molecule has 0 amide bonds. The van der Waals surface area contributed by atoms with Crippen molar-refractivity contribution in [2.24, 2.45) is 5.73 Å². The van der Waals surface area contributed by atoms with Crippen molar-refractivity contribution < 1.29 is 0 Å². The van der Waals surface area contributed by atoms with E-state index in [0.29, 0.717) is 13.1 Å². The van der Waals surface area contributed by atoms with Crippen molar-refractivity contribution in [3.63, 3.8) is 0 Å². The average Bonchev–Trinajstić information content (AvgIpc) is 2.43. The fourth-order valence-corrected chi connectivity index (χ4v) is 1.00. The van der Waals surface area contributed by atoms with Gasteiger partial charge in [0.15, 0.2) is 0 Å². The number of rotatable bonds is 2. The maximum atomic E-state index is 5.50. The van der Waals surface area contributed by atoms with E-state index in [9.17, 15) is 0 Å². The highest BCUT2D eigenvalue weighted by atomic mass is 15.3. The van der Waals surface area contributed by atoms with Crippen LogP contribution >= 0.6 is 0 Å². The first kappa shape index (κ1) is 8.82. The zero-order chi connectivity index (χ0) is 8.97. The number of aryl methyl sites for hydroxylation is 1. The Kier molecular flexibility index (Phi) is 2.89. The topological polar surface area (TPSA) is 43.8 Å². The standard InChI is InChI=1S/C9H13N3/c1-3-4-5-12-7-9(6-10)8(2)11-12/h7H,5-6,10H2,1-2H3. The lowest BCUT2D eigenvalue weighted by Gasteiger charge is -1.89. The number of nitrogens with zero attached hydrogens (tertiary/aromatic N) is 2. The molecule has 1 aromatic rings. The molecule has 0 saturated carbocycles. The molecule has 0 aliphatic rings. The summed E-state index contributed by atoms with van der Waals surface area (Å²) in [6, 6.07) is 0. The molecule has 0 bridgehead atoms. The van der Waals surface area contributed by atoms with Gasteiger partial charge in [-0.05, 0) is 13.8 Å². The normalized spacial score (nSPS) is 9.25. The molecule has 0 spiro atoms. The van der Waals surface area contributed by atoms with E-state index in [1.807, 2.05) is 24.7 Å². The Bertz CT molecular complexity index is 314. The third-order valence-corrected chi connectivity index (χ3v) is 1.69. The molecule has 0 atom stereocenters. The molecule has 1 heterocycles. The number of nitrogens with two attached hydrogens (primary N) is 1. The summed E-state index contributed by atoms with van der Waals surface area (Å²) in [5.74, 6) is 5.76. The lowest BCUT2D eigenvalue weighted by Crippen LogP contribution is -1.96. The van der Waals surface area contributed by atoms with Gasteiger partial charge in [-0.1, -0.05) is 5.92 Å². The summed E-state index contributed by atoms with van der Waals surface area (Å²) in [4.78, 5) is 0. The summed E-state index contributed by atoms with van der Waals surface area (Å²) in [7, 11) is 0. The van der Waals surface area contributed by atoms with Crippen LogP contribution in [0.1, 0.15) is 18.2 Å². The van der Waals surface area contributed by atoms with Crippen LogP contribution in [0.5, 0.6) is 0 Å². The van der Waals surface area contributed by atoms with Gasteiger partial charge in [0.1, 0.15) is 6.54 Å². The molecule has 0 aromatic carbocycles. The van der Waals surface area contributed by atoms with E-state index in [1.54, 1.807) is 0 Å². The van der Waals surface area contributed by atoms with E-state index >= 15 is 0 Å². The summed E-state index contributed by atoms with van der Waals surface area (Å²) in [6.07, 6.45) is 1.94. The van der Waals surface area contributed by atoms with Gasteiger partial charge in [0.25, 0.3) is 0 Å². The Labute approximate surface area is 72.6 Å². The van der Waals surface area contributed by atoms with Crippen molar-refractivity contribution in [3.8, 4) is 11.8 Å². The van der Waals surface area contributed by atoms with Gasteiger partial charge in [-0.2, -0.15) is 5.10 Å². The number of hydrogen-bond donors (Lipinski definition) is 1. The predicted molar refractivity (Wildman–Crippen MR) is 48.3 cm³/mol. The van der Waals surface area contributed by atoms with Crippen LogP contribution in [0.2, 0.25) is 0 Å². The molecule has 12 heavy (non-hydrogen) atoms. The molecule has 0 fully saturated rings. The first-order valence-electron chi connectivity index (χ1n) is 3.90. The van der Waals surface area contributed by atoms with Crippen molar-refractivity contribution >= 4 is 0 Å². The van der Waals surface area contributed by atoms with Crippen molar-refractivity contribution in [2.45, 2.75) is 26.9 Å². The van der Waals surface area contributed by atoms with Crippen LogP contribution in [-0.4, -0.2) is 9.78 Å². The van der Waals surface area contributed by atoms with Crippen LogP contribution in [0.15, 0.2) is 6.20 Å². The SMILES string of the molecule is CC#CCn1cc(CN)c(C)n1. The van der Waals surface area contributed by atoms with E-state index in [2.05, 4.69) is 16.9 Å². The Balaban J connectivity index is 2.79. The second kappa shape index (κ2) is 3.93. The molecule has 0 unspecified atom stereocenters. The minimum absolute atomic E-state index is 0.547. The molecule has 0 radical (unpaired) electrons. The Morgan fingerprint density at radius 1 is 1.67 bits per heavy atom. The fourth-order valence-electron chi connectivity index (χ4n) is 1.00. The van der Waals surface area contributed by atoms with Crippen LogP contribution in [0, 0.1) is 18.8 Å². The van der Waals surface area contributed by atoms with Gasteiger partial charge in [0.2, 0.25) is 0 Å². The zero-order valence-electron chi connectivity index (χ0n) is 7.46. The van der Waals surface area contributed by atoms with Gasteiger partial charge < -0.3 is 5.73 Å². The molecule has 0 aliphatic heterocycles. The van der Waals surface area contributed by atoms with Gasteiger partial charge in [-0.3, -0.25) is 4.68 Å². The molecule has 2 N–H and O–H groups in total. The summed E-state index contributed by atoms with van der Waals surface area (Å²) in [6.45, 7) is 4.97. The third-order valence-electron chi connectivity index (χ3n) is 1.69. The minimum Gasteiger partial charge on any atom is -0.326 e. The quantitative estimate of drug-likeness (QED) is 0.651. The molecule has 1 aromatic heterocycles. The molecule has 3 nitrogen and oxygen atoms in total. The average molecular weight is 163 g/mol. The van der Waals surface area contributed by atoms with E-state index in [4.69, 9.17) is 5.73 Å². The minimum atomic E-state index is 0.547. The number of hydrogen-bond acceptors (Lipinski definition) is 2. The first-order valence-corrected chi connectivity index (χ1v) is 3.90. The lowest BCUT2D eigenvalue weighted by atomic mass is 10.3. The largest absolute Gasteiger partial charge is 0.326 e. The highest BCUT2D eigenvalue weighted by molar-refractivity contribution is 5.15. The van der Waals surface area contributed by atoms with Crippen LogP contribution < -0.4 is 5.73 Å². The molecule has 0 saturated heterocycles. The van der Waals surface area contributed by atoms with Crippen molar-refractivity contribution in [3.05, 3.63) is 17.5 Å². The summed E-state index contributed by atoms with van der Waals surface area (Å²) in [5.41, 5.74) is 7.59.